The van der Waals surface area contributed by atoms with Crippen LogP contribution in [0.15, 0.2) is 59.7 Å². The van der Waals surface area contributed by atoms with E-state index in [1.165, 1.54) is 0 Å². The summed E-state index contributed by atoms with van der Waals surface area (Å²) < 4.78 is 5.10. The molecule has 5 nitrogen and oxygen atoms in total. The Bertz CT molecular complexity index is 624. The van der Waals surface area contributed by atoms with E-state index in [2.05, 4.69) is 15.8 Å². The second-order valence-corrected chi connectivity index (χ2v) is 4.96. The van der Waals surface area contributed by atoms with Crippen LogP contribution in [-0.2, 0) is 4.79 Å². The summed E-state index contributed by atoms with van der Waals surface area (Å²) in [4.78, 5) is 11.7. The highest BCUT2D eigenvalue weighted by Crippen LogP contribution is 2.14. The highest BCUT2D eigenvalue weighted by Gasteiger charge is 1.99. The summed E-state index contributed by atoms with van der Waals surface area (Å²) in [5, 5.41) is 7.20. The van der Waals surface area contributed by atoms with E-state index >= 15 is 0 Å². The van der Waals surface area contributed by atoms with Gasteiger partial charge in [0.15, 0.2) is 0 Å². The van der Waals surface area contributed by atoms with E-state index in [0.717, 1.165) is 30.0 Å². The van der Waals surface area contributed by atoms with E-state index in [-0.39, 0.29) is 5.91 Å². The van der Waals surface area contributed by atoms with E-state index in [9.17, 15) is 4.79 Å². The minimum absolute atomic E-state index is 0.0892. The van der Waals surface area contributed by atoms with Gasteiger partial charge in [0.1, 0.15) is 5.75 Å². The smallest absolute Gasteiger partial charge is 0.240 e. The van der Waals surface area contributed by atoms with E-state index in [1.54, 1.807) is 13.3 Å². The van der Waals surface area contributed by atoms with Gasteiger partial charge in [-0.1, -0.05) is 30.3 Å². The number of carbonyl (C=O) groups excluding carboxylic acids is 1. The Labute approximate surface area is 136 Å². The fraction of sp³-hybridized carbons (Fsp3) is 0.222. The average molecular weight is 311 g/mol. The number of benzene rings is 2. The Kier molecular flexibility index (Phi) is 6.65. The molecule has 0 atom stereocenters. The van der Waals surface area contributed by atoms with Crippen LogP contribution in [0, 0.1) is 0 Å². The number of hydrazone groups is 1. The first-order valence-corrected chi connectivity index (χ1v) is 7.53. The Morgan fingerprint density at radius 1 is 1.13 bits per heavy atom. The molecule has 0 unspecified atom stereocenters. The van der Waals surface area contributed by atoms with E-state index < -0.39 is 0 Å². The third-order valence-corrected chi connectivity index (χ3v) is 3.20. The van der Waals surface area contributed by atoms with Gasteiger partial charge in [-0.15, -0.1) is 0 Å². The summed E-state index contributed by atoms with van der Waals surface area (Å²) in [5.74, 6) is 0.736. The van der Waals surface area contributed by atoms with Gasteiger partial charge in [0, 0.05) is 18.7 Å². The van der Waals surface area contributed by atoms with Crippen LogP contribution in [0.25, 0.3) is 0 Å². The van der Waals surface area contributed by atoms with Crippen LogP contribution in [-0.4, -0.2) is 25.8 Å². The first-order valence-electron chi connectivity index (χ1n) is 7.53. The fourth-order valence-corrected chi connectivity index (χ4v) is 1.96. The molecule has 0 saturated heterocycles. The van der Waals surface area contributed by atoms with Crippen molar-refractivity contribution in [2.24, 2.45) is 5.10 Å². The predicted molar refractivity (Wildman–Crippen MR) is 92.9 cm³/mol. The first-order chi connectivity index (χ1) is 11.3. The molecule has 0 spiro atoms. The van der Waals surface area contributed by atoms with Gasteiger partial charge < -0.3 is 10.1 Å². The molecule has 0 saturated carbocycles. The third kappa shape index (κ3) is 6.22. The maximum absolute atomic E-state index is 11.7. The van der Waals surface area contributed by atoms with Crippen molar-refractivity contribution in [1.82, 2.24) is 5.43 Å². The van der Waals surface area contributed by atoms with Gasteiger partial charge >= 0.3 is 0 Å². The van der Waals surface area contributed by atoms with E-state index in [1.807, 2.05) is 54.6 Å². The summed E-state index contributed by atoms with van der Waals surface area (Å²) in [7, 11) is 1.64. The number of nitrogens with one attached hydrogen (secondary N) is 2. The quantitative estimate of drug-likeness (QED) is 0.447. The number of amides is 1. The fourth-order valence-electron chi connectivity index (χ4n) is 1.96. The minimum Gasteiger partial charge on any atom is -0.497 e. The van der Waals surface area contributed by atoms with Gasteiger partial charge in [0.2, 0.25) is 5.91 Å². The molecular formula is C18H21N3O2. The summed E-state index contributed by atoms with van der Waals surface area (Å²) >= 11 is 0. The van der Waals surface area contributed by atoms with Gasteiger partial charge in [-0.3, -0.25) is 4.79 Å². The van der Waals surface area contributed by atoms with Crippen LogP contribution in [0.4, 0.5) is 5.69 Å². The number of ether oxygens (including phenoxy) is 1. The van der Waals surface area contributed by atoms with Crippen molar-refractivity contribution in [2.75, 3.05) is 19.0 Å². The highest BCUT2D eigenvalue weighted by atomic mass is 16.5. The molecule has 0 aliphatic rings. The van der Waals surface area contributed by atoms with Crippen LogP contribution in [0.2, 0.25) is 0 Å². The first kappa shape index (κ1) is 16.5. The third-order valence-electron chi connectivity index (χ3n) is 3.20. The van der Waals surface area contributed by atoms with Gasteiger partial charge in [-0.05, 0) is 36.2 Å². The Morgan fingerprint density at radius 2 is 1.87 bits per heavy atom. The lowest BCUT2D eigenvalue weighted by molar-refractivity contribution is -0.121. The van der Waals surface area contributed by atoms with Crippen molar-refractivity contribution in [3.05, 3.63) is 60.2 Å². The molecule has 0 aliphatic carbocycles. The summed E-state index contributed by atoms with van der Waals surface area (Å²) in [6.07, 6.45) is 2.79. The van der Waals surface area contributed by atoms with Crippen LogP contribution >= 0.6 is 0 Å². The molecule has 5 heteroatoms. The second kappa shape index (κ2) is 9.25. The molecule has 0 aromatic heterocycles. The molecule has 2 rings (SSSR count). The number of carbonyl (C=O) groups is 1. The zero-order chi connectivity index (χ0) is 16.3. The minimum atomic E-state index is -0.0892. The van der Waals surface area contributed by atoms with Gasteiger partial charge in [-0.25, -0.2) is 5.43 Å². The number of hydrogen-bond donors (Lipinski definition) is 2. The monoisotopic (exact) mass is 311 g/mol. The van der Waals surface area contributed by atoms with E-state index in [4.69, 9.17) is 4.74 Å². The Morgan fingerprint density at radius 3 is 2.57 bits per heavy atom. The van der Waals surface area contributed by atoms with Crippen LogP contribution in [0.5, 0.6) is 5.75 Å². The Balaban J connectivity index is 1.62. The topological polar surface area (TPSA) is 62.7 Å². The number of rotatable bonds is 8. The predicted octanol–water partition coefficient (Wildman–Crippen LogP) is 3.04. The zero-order valence-electron chi connectivity index (χ0n) is 13.2. The van der Waals surface area contributed by atoms with Gasteiger partial charge in [0.05, 0.1) is 13.3 Å². The molecule has 2 aromatic carbocycles. The highest BCUT2D eigenvalue weighted by molar-refractivity contribution is 5.82. The van der Waals surface area contributed by atoms with Crippen molar-refractivity contribution in [3.63, 3.8) is 0 Å². The molecule has 0 aliphatic heterocycles. The van der Waals surface area contributed by atoms with Crippen molar-refractivity contribution in [2.45, 2.75) is 12.8 Å². The van der Waals surface area contributed by atoms with Crippen molar-refractivity contribution >= 4 is 17.8 Å². The maximum Gasteiger partial charge on any atom is 0.240 e. The largest absolute Gasteiger partial charge is 0.497 e. The molecule has 0 radical (unpaired) electrons. The van der Waals surface area contributed by atoms with Crippen LogP contribution in [0.1, 0.15) is 18.4 Å². The molecular weight excluding hydrogens is 290 g/mol. The summed E-state index contributed by atoms with van der Waals surface area (Å²) in [6, 6.07) is 17.3. The van der Waals surface area contributed by atoms with Crippen LogP contribution < -0.4 is 15.5 Å². The summed E-state index contributed by atoms with van der Waals surface area (Å²) in [5.41, 5.74) is 4.49. The molecule has 0 bridgehead atoms. The lowest BCUT2D eigenvalue weighted by atomic mass is 10.2. The number of hydrogen-bond acceptors (Lipinski definition) is 4. The molecule has 23 heavy (non-hydrogen) atoms. The molecule has 120 valence electrons. The van der Waals surface area contributed by atoms with Crippen molar-refractivity contribution < 1.29 is 9.53 Å². The molecule has 2 aromatic rings. The number of anilines is 1. The molecule has 1 amide bonds. The lowest BCUT2D eigenvalue weighted by Crippen LogP contribution is -2.18. The van der Waals surface area contributed by atoms with Gasteiger partial charge in [-0.2, -0.15) is 5.10 Å². The zero-order valence-corrected chi connectivity index (χ0v) is 13.2. The Hall–Kier alpha value is -2.82. The molecule has 2 N–H and O–H groups in total. The second-order valence-electron chi connectivity index (χ2n) is 4.96. The average Bonchev–Trinajstić information content (AvgIpc) is 2.60. The number of nitrogens with zero attached hydrogens (tertiary/aromatic N) is 1. The normalized spacial score (nSPS) is 10.5. The molecule has 0 heterocycles. The SMILES string of the molecule is COc1ccc(NCCCC(=O)NN=Cc2ccccc2)cc1. The lowest BCUT2D eigenvalue weighted by Gasteiger charge is -2.06. The molecule has 0 fully saturated rings. The number of methoxy groups -OCH3 is 1. The standard InChI is InChI=1S/C18H21N3O2/c1-23-17-11-9-16(10-12-17)19-13-5-8-18(22)21-20-14-15-6-3-2-4-7-15/h2-4,6-7,9-12,14,19H,5,8,13H2,1H3,(H,21,22). The van der Waals surface area contributed by atoms with Crippen molar-refractivity contribution in [3.8, 4) is 5.75 Å². The van der Waals surface area contributed by atoms with Crippen LogP contribution in [0.3, 0.4) is 0 Å². The van der Waals surface area contributed by atoms with Gasteiger partial charge in [0.25, 0.3) is 0 Å². The van der Waals surface area contributed by atoms with E-state index in [0.29, 0.717) is 6.42 Å². The van der Waals surface area contributed by atoms with Crippen molar-refractivity contribution in [1.29, 1.82) is 0 Å². The maximum atomic E-state index is 11.7. The summed E-state index contributed by atoms with van der Waals surface area (Å²) in [6.45, 7) is 0.724.